The summed E-state index contributed by atoms with van der Waals surface area (Å²) in [7, 11) is 0. The summed E-state index contributed by atoms with van der Waals surface area (Å²) in [5.41, 5.74) is 5.94. The van der Waals surface area contributed by atoms with Crippen molar-refractivity contribution in [3.63, 3.8) is 0 Å². The Morgan fingerprint density at radius 2 is 1.90 bits per heavy atom. The lowest BCUT2D eigenvalue weighted by molar-refractivity contribution is 0.331. The molecule has 10 heavy (non-hydrogen) atoms. The predicted octanol–water partition coefficient (Wildman–Crippen LogP) is 2.11. The van der Waals surface area contributed by atoms with Gasteiger partial charge in [-0.2, -0.15) is 11.8 Å². The first-order valence-corrected chi connectivity index (χ1v) is 5.21. The summed E-state index contributed by atoms with van der Waals surface area (Å²) in [6.45, 7) is 5.40. The minimum Gasteiger partial charge on any atom is -0.330 e. The zero-order valence-corrected chi connectivity index (χ0v) is 8.13. The lowest BCUT2D eigenvalue weighted by atomic mass is 9.87. The van der Waals surface area contributed by atoms with E-state index in [-0.39, 0.29) is 0 Å². The van der Waals surface area contributed by atoms with Gasteiger partial charge in [-0.1, -0.05) is 13.8 Å². The molecule has 2 N–H and O–H groups in total. The van der Waals surface area contributed by atoms with Gasteiger partial charge in [-0.15, -0.1) is 0 Å². The molecule has 0 saturated heterocycles. The van der Waals surface area contributed by atoms with Crippen LogP contribution in [0.15, 0.2) is 0 Å². The van der Waals surface area contributed by atoms with E-state index in [1.807, 2.05) is 11.8 Å². The first-order chi connectivity index (χ1) is 4.62. The van der Waals surface area contributed by atoms with E-state index in [1.54, 1.807) is 0 Å². The van der Waals surface area contributed by atoms with E-state index in [1.165, 1.54) is 12.2 Å². The van der Waals surface area contributed by atoms with Gasteiger partial charge < -0.3 is 5.73 Å². The van der Waals surface area contributed by atoms with Gasteiger partial charge in [-0.05, 0) is 36.8 Å². The van der Waals surface area contributed by atoms with E-state index < -0.39 is 0 Å². The van der Waals surface area contributed by atoms with Gasteiger partial charge in [-0.3, -0.25) is 0 Å². The Balaban J connectivity index is 3.42. The minimum absolute atomic E-state index is 0.456. The summed E-state index contributed by atoms with van der Waals surface area (Å²) in [4.78, 5) is 0. The summed E-state index contributed by atoms with van der Waals surface area (Å²) < 4.78 is 0. The molecule has 0 saturated carbocycles. The van der Waals surface area contributed by atoms with Crippen molar-refractivity contribution in [2.75, 3.05) is 18.6 Å². The molecule has 0 aromatic carbocycles. The van der Waals surface area contributed by atoms with E-state index in [0.717, 1.165) is 13.0 Å². The molecule has 0 aliphatic heterocycles. The second kappa shape index (κ2) is 5.03. The second-order valence-corrected chi connectivity index (χ2v) is 4.43. The van der Waals surface area contributed by atoms with E-state index in [0.29, 0.717) is 5.41 Å². The molecule has 62 valence electrons. The Hall–Kier alpha value is 0.310. The van der Waals surface area contributed by atoms with Crippen LogP contribution in [0.4, 0.5) is 0 Å². The van der Waals surface area contributed by atoms with Crippen LogP contribution in [-0.2, 0) is 0 Å². The van der Waals surface area contributed by atoms with E-state index >= 15 is 0 Å². The van der Waals surface area contributed by atoms with Crippen LogP contribution in [0.25, 0.3) is 0 Å². The van der Waals surface area contributed by atoms with Gasteiger partial charge in [0.15, 0.2) is 0 Å². The van der Waals surface area contributed by atoms with Crippen molar-refractivity contribution < 1.29 is 0 Å². The van der Waals surface area contributed by atoms with Crippen LogP contribution in [0.3, 0.4) is 0 Å². The lowest BCUT2D eigenvalue weighted by Gasteiger charge is -2.22. The minimum atomic E-state index is 0.456. The van der Waals surface area contributed by atoms with Gasteiger partial charge in [0.2, 0.25) is 0 Å². The molecule has 0 rings (SSSR count). The van der Waals surface area contributed by atoms with E-state index in [4.69, 9.17) is 5.73 Å². The Kier molecular flexibility index (Phi) is 5.18. The van der Waals surface area contributed by atoms with Crippen molar-refractivity contribution in [2.24, 2.45) is 11.1 Å². The Morgan fingerprint density at radius 1 is 1.30 bits per heavy atom. The molecular formula is C8H19NS. The van der Waals surface area contributed by atoms with Crippen LogP contribution in [-0.4, -0.2) is 18.6 Å². The topological polar surface area (TPSA) is 26.0 Å². The maximum Gasteiger partial charge on any atom is -0.00652 e. The number of hydrogen-bond acceptors (Lipinski definition) is 2. The number of hydrogen-bond donors (Lipinski definition) is 1. The third-order valence-corrected chi connectivity index (χ3v) is 2.42. The molecule has 0 spiro atoms. The smallest absolute Gasteiger partial charge is 0.00652 e. The van der Waals surface area contributed by atoms with Crippen LogP contribution in [0.2, 0.25) is 0 Å². The quantitative estimate of drug-likeness (QED) is 0.668. The average Bonchev–Trinajstić information content (AvgIpc) is 1.84. The van der Waals surface area contributed by atoms with Crippen LogP contribution in [0.1, 0.15) is 26.7 Å². The molecule has 0 atom stereocenters. The van der Waals surface area contributed by atoms with Gasteiger partial charge in [0.1, 0.15) is 0 Å². The SMILES string of the molecule is CSCCC(C)(C)CCN. The molecule has 0 amide bonds. The van der Waals surface area contributed by atoms with Crippen molar-refractivity contribution in [3.05, 3.63) is 0 Å². The Labute approximate surface area is 68.8 Å². The van der Waals surface area contributed by atoms with Gasteiger partial charge in [0.25, 0.3) is 0 Å². The monoisotopic (exact) mass is 161 g/mol. The molecular weight excluding hydrogens is 142 g/mol. The molecule has 0 bridgehead atoms. The summed E-state index contributed by atoms with van der Waals surface area (Å²) in [5.74, 6) is 1.26. The molecule has 0 aliphatic rings. The summed E-state index contributed by atoms with van der Waals surface area (Å²) in [5, 5.41) is 0. The van der Waals surface area contributed by atoms with Crippen LogP contribution in [0, 0.1) is 5.41 Å². The van der Waals surface area contributed by atoms with Gasteiger partial charge in [-0.25, -0.2) is 0 Å². The maximum atomic E-state index is 5.48. The predicted molar refractivity (Wildman–Crippen MR) is 50.5 cm³/mol. The molecule has 0 aliphatic carbocycles. The maximum absolute atomic E-state index is 5.48. The summed E-state index contributed by atoms with van der Waals surface area (Å²) >= 11 is 1.91. The van der Waals surface area contributed by atoms with Crippen LogP contribution in [0.5, 0.6) is 0 Å². The zero-order valence-electron chi connectivity index (χ0n) is 7.31. The average molecular weight is 161 g/mol. The third kappa shape index (κ3) is 5.12. The number of rotatable bonds is 5. The normalized spacial score (nSPS) is 12.0. The lowest BCUT2D eigenvalue weighted by Crippen LogP contribution is -2.17. The highest BCUT2D eigenvalue weighted by Crippen LogP contribution is 2.25. The molecule has 0 fully saturated rings. The summed E-state index contributed by atoms with van der Waals surface area (Å²) in [6, 6.07) is 0. The highest BCUT2D eigenvalue weighted by Gasteiger charge is 2.15. The van der Waals surface area contributed by atoms with Crippen LogP contribution >= 0.6 is 11.8 Å². The Morgan fingerprint density at radius 3 is 2.30 bits per heavy atom. The largest absolute Gasteiger partial charge is 0.330 e. The van der Waals surface area contributed by atoms with E-state index in [9.17, 15) is 0 Å². The van der Waals surface area contributed by atoms with Crippen LogP contribution < -0.4 is 5.73 Å². The fraction of sp³-hybridized carbons (Fsp3) is 1.00. The molecule has 2 heteroatoms. The first kappa shape index (κ1) is 10.3. The number of nitrogens with two attached hydrogens (primary N) is 1. The Bertz CT molecular complexity index is 81.3. The van der Waals surface area contributed by atoms with Crippen molar-refractivity contribution in [2.45, 2.75) is 26.7 Å². The highest BCUT2D eigenvalue weighted by molar-refractivity contribution is 7.98. The zero-order chi connectivity index (χ0) is 8.04. The highest BCUT2D eigenvalue weighted by atomic mass is 32.2. The fourth-order valence-electron chi connectivity index (χ4n) is 0.894. The second-order valence-electron chi connectivity index (χ2n) is 3.45. The molecule has 0 heterocycles. The molecule has 0 radical (unpaired) electrons. The van der Waals surface area contributed by atoms with Crippen molar-refractivity contribution >= 4 is 11.8 Å². The first-order valence-electron chi connectivity index (χ1n) is 3.81. The molecule has 0 aromatic rings. The molecule has 0 aromatic heterocycles. The van der Waals surface area contributed by atoms with Gasteiger partial charge >= 0.3 is 0 Å². The molecule has 0 unspecified atom stereocenters. The number of thioether (sulfide) groups is 1. The van der Waals surface area contributed by atoms with Gasteiger partial charge in [0.05, 0.1) is 0 Å². The van der Waals surface area contributed by atoms with Crippen molar-refractivity contribution in [1.82, 2.24) is 0 Å². The van der Waals surface area contributed by atoms with E-state index in [2.05, 4.69) is 20.1 Å². The standard InChI is InChI=1S/C8H19NS/c1-8(2,4-6-9)5-7-10-3/h4-7,9H2,1-3H3. The van der Waals surface area contributed by atoms with Crippen molar-refractivity contribution in [1.29, 1.82) is 0 Å². The third-order valence-electron chi connectivity index (χ3n) is 1.80. The summed E-state index contributed by atoms with van der Waals surface area (Å²) in [6.07, 6.45) is 4.58. The fourth-order valence-corrected chi connectivity index (χ4v) is 1.65. The van der Waals surface area contributed by atoms with Crippen molar-refractivity contribution in [3.8, 4) is 0 Å². The molecule has 1 nitrogen and oxygen atoms in total. The van der Waals surface area contributed by atoms with Gasteiger partial charge in [0, 0.05) is 0 Å².